The molecule has 2 fully saturated rings. The van der Waals surface area contributed by atoms with Gasteiger partial charge in [-0.2, -0.15) is 0 Å². The van der Waals surface area contributed by atoms with Gasteiger partial charge in [0.2, 0.25) is 5.91 Å². The minimum absolute atomic E-state index is 0.0394. The Kier molecular flexibility index (Phi) is 11.4. The number of carbonyl (C=O) groups is 2. The van der Waals surface area contributed by atoms with E-state index in [1.807, 2.05) is 48.2 Å². The van der Waals surface area contributed by atoms with E-state index in [0.717, 1.165) is 29.5 Å². The van der Waals surface area contributed by atoms with Crippen molar-refractivity contribution < 1.29 is 24.2 Å². The van der Waals surface area contributed by atoms with E-state index in [1.54, 1.807) is 18.2 Å². The summed E-state index contributed by atoms with van der Waals surface area (Å²) >= 11 is 25.3. The first-order valence-corrected chi connectivity index (χ1v) is 16.6. The Bertz CT molecular complexity index is 1490. The topological polar surface area (TPSA) is 88.1 Å². The SMILES string of the molecule is Cc1cc(Cl)c(OCCOc2ccc(CC(CNCC3CC3C(=O)O)C(=O)N(Cc3cccc(Cl)c3Cl)C3CC3)cc2)c(Cl)c1. The Hall–Kier alpha value is -2.68. The van der Waals surface area contributed by atoms with E-state index in [4.69, 9.17) is 55.9 Å². The second-order valence-electron chi connectivity index (χ2n) is 11.8. The molecule has 0 aliphatic heterocycles. The largest absolute Gasteiger partial charge is 0.490 e. The summed E-state index contributed by atoms with van der Waals surface area (Å²) in [5.41, 5.74) is 2.76. The molecular weight excluding hydrogens is 658 g/mol. The molecule has 45 heavy (non-hydrogen) atoms. The number of benzene rings is 3. The average molecular weight is 694 g/mol. The second kappa shape index (κ2) is 15.3. The molecule has 2 aliphatic rings. The van der Waals surface area contributed by atoms with Gasteiger partial charge in [0.1, 0.15) is 19.0 Å². The molecule has 2 aliphatic carbocycles. The molecular formula is C34H36Cl4N2O5. The van der Waals surface area contributed by atoms with Gasteiger partial charge in [0.15, 0.2) is 5.75 Å². The van der Waals surface area contributed by atoms with Gasteiger partial charge in [-0.25, -0.2) is 0 Å². The predicted molar refractivity (Wildman–Crippen MR) is 178 cm³/mol. The van der Waals surface area contributed by atoms with Gasteiger partial charge in [0.05, 0.1) is 31.9 Å². The summed E-state index contributed by atoms with van der Waals surface area (Å²) in [6, 6.07) is 16.9. The van der Waals surface area contributed by atoms with Crippen molar-refractivity contribution >= 4 is 58.3 Å². The number of amides is 1. The van der Waals surface area contributed by atoms with Crippen molar-refractivity contribution in [3.8, 4) is 11.5 Å². The van der Waals surface area contributed by atoms with Crippen molar-refractivity contribution in [2.45, 2.75) is 45.2 Å². The van der Waals surface area contributed by atoms with E-state index in [1.165, 1.54) is 0 Å². The zero-order valence-corrected chi connectivity index (χ0v) is 27.9. The zero-order valence-electron chi connectivity index (χ0n) is 24.9. The monoisotopic (exact) mass is 692 g/mol. The minimum atomic E-state index is -0.760. The van der Waals surface area contributed by atoms with Crippen LogP contribution in [-0.4, -0.2) is 54.2 Å². The Morgan fingerprint density at radius 3 is 2.31 bits per heavy atom. The number of rotatable bonds is 16. The number of hydrogen-bond acceptors (Lipinski definition) is 5. The average Bonchev–Trinajstić information content (AvgIpc) is 3.93. The van der Waals surface area contributed by atoms with Crippen molar-refractivity contribution in [1.82, 2.24) is 10.2 Å². The lowest BCUT2D eigenvalue weighted by Crippen LogP contribution is -2.42. The number of nitrogens with zero attached hydrogens (tertiary/aromatic N) is 1. The Morgan fingerprint density at radius 2 is 1.67 bits per heavy atom. The van der Waals surface area contributed by atoms with Crippen LogP contribution in [0.2, 0.25) is 20.1 Å². The Morgan fingerprint density at radius 1 is 0.978 bits per heavy atom. The van der Waals surface area contributed by atoms with E-state index in [9.17, 15) is 14.7 Å². The van der Waals surface area contributed by atoms with Gasteiger partial charge in [0, 0.05) is 19.1 Å². The zero-order chi connectivity index (χ0) is 32.1. The van der Waals surface area contributed by atoms with Crippen LogP contribution in [0.3, 0.4) is 0 Å². The number of aryl methyl sites for hydroxylation is 1. The van der Waals surface area contributed by atoms with Crippen molar-refractivity contribution in [1.29, 1.82) is 0 Å². The van der Waals surface area contributed by atoms with Gasteiger partial charge < -0.3 is 24.8 Å². The fourth-order valence-corrected chi connectivity index (χ4v) is 6.55. The maximum absolute atomic E-state index is 14.1. The molecule has 7 nitrogen and oxygen atoms in total. The normalized spacial score (nSPS) is 17.9. The standard InChI is InChI=1S/C34H36Cl4N2O5/c1-20-13-29(36)32(30(37)14-20)45-12-11-44-26-9-5-21(6-10-26)15-24(18-39-17-23-16-27(23)34(42)43)33(41)40(25-7-8-25)19-22-3-2-4-28(35)31(22)38/h2-6,9-10,13-14,23-25,27,39H,7-8,11-12,15-19H2,1H3,(H,42,43). The lowest BCUT2D eigenvalue weighted by atomic mass is 9.97. The lowest BCUT2D eigenvalue weighted by Gasteiger charge is -2.28. The molecule has 1 amide bonds. The fraction of sp³-hybridized carbons (Fsp3) is 0.412. The van der Waals surface area contributed by atoms with Crippen LogP contribution in [0.5, 0.6) is 11.5 Å². The van der Waals surface area contributed by atoms with E-state index in [0.29, 0.717) is 70.7 Å². The van der Waals surface area contributed by atoms with Gasteiger partial charge >= 0.3 is 5.97 Å². The van der Waals surface area contributed by atoms with Gasteiger partial charge in [-0.05, 0) is 92.1 Å². The van der Waals surface area contributed by atoms with Crippen LogP contribution in [0.15, 0.2) is 54.6 Å². The highest BCUT2D eigenvalue weighted by atomic mass is 35.5. The highest BCUT2D eigenvalue weighted by Gasteiger charge is 2.43. The molecule has 3 aromatic carbocycles. The highest BCUT2D eigenvalue weighted by Crippen LogP contribution is 2.38. The molecule has 2 saturated carbocycles. The van der Waals surface area contributed by atoms with Crippen LogP contribution in [0.4, 0.5) is 0 Å². The van der Waals surface area contributed by atoms with Gasteiger partial charge in [-0.3, -0.25) is 9.59 Å². The molecule has 0 heterocycles. The number of carbonyl (C=O) groups excluding carboxylic acids is 1. The number of aliphatic carboxylic acids is 1. The molecule has 3 aromatic rings. The van der Waals surface area contributed by atoms with Crippen molar-refractivity contribution in [3.63, 3.8) is 0 Å². The van der Waals surface area contributed by atoms with E-state index in [-0.39, 0.29) is 36.3 Å². The fourth-order valence-electron chi connectivity index (χ4n) is 5.46. The molecule has 240 valence electrons. The summed E-state index contributed by atoms with van der Waals surface area (Å²) in [5.74, 6) is -0.167. The third kappa shape index (κ3) is 9.20. The number of carboxylic acid groups (broad SMARTS) is 1. The molecule has 3 atom stereocenters. The third-order valence-electron chi connectivity index (χ3n) is 8.18. The van der Waals surface area contributed by atoms with Gasteiger partial charge in [-0.1, -0.05) is 70.7 Å². The van der Waals surface area contributed by atoms with Crippen LogP contribution in [-0.2, 0) is 22.6 Å². The molecule has 0 spiro atoms. The van der Waals surface area contributed by atoms with Crippen LogP contribution < -0.4 is 14.8 Å². The van der Waals surface area contributed by atoms with Crippen molar-refractivity contribution in [3.05, 3.63) is 91.4 Å². The first-order valence-electron chi connectivity index (χ1n) is 15.1. The van der Waals surface area contributed by atoms with Gasteiger partial charge in [-0.15, -0.1) is 0 Å². The molecule has 0 radical (unpaired) electrons. The van der Waals surface area contributed by atoms with Crippen LogP contribution in [0.1, 0.15) is 36.0 Å². The van der Waals surface area contributed by atoms with Crippen LogP contribution >= 0.6 is 46.4 Å². The summed E-state index contributed by atoms with van der Waals surface area (Å²) in [6.07, 6.45) is 3.08. The van der Waals surface area contributed by atoms with Crippen molar-refractivity contribution in [2.24, 2.45) is 17.8 Å². The summed E-state index contributed by atoms with van der Waals surface area (Å²) in [6.45, 7) is 3.87. The molecule has 0 aromatic heterocycles. The molecule has 11 heteroatoms. The summed E-state index contributed by atoms with van der Waals surface area (Å²) in [5, 5.41) is 14.5. The Balaban J connectivity index is 1.21. The second-order valence-corrected chi connectivity index (χ2v) is 13.4. The molecule has 2 N–H and O–H groups in total. The predicted octanol–water partition coefficient (Wildman–Crippen LogP) is 7.73. The first kappa shape index (κ1) is 33.7. The van der Waals surface area contributed by atoms with E-state index >= 15 is 0 Å². The molecule has 0 bridgehead atoms. The molecule has 5 rings (SSSR count). The number of ether oxygens (including phenoxy) is 2. The van der Waals surface area contributed by atoms with Crippen LogP contribution in [0.25, 0.3) is 0 Å². The minimum Gasteiger partial charge on any atom is -0.490 e. The smallest absolute Gasteiger partial charge is 0.306 e. The lowest BCUT2D eigenvalue weighted by molar-refractivity contribution is -0.139. The maximum atomic E-state index is 14.1. The summed E-state index contributed by atoms with van der Waals surface area (Å²) < 4.78 is 11.6. The Labute approximate surface area is 283 Å². The van der Waals surface area contributed by atoms with Gasteiger partial charge in [0.25, 0.3) is 0 Å². The first-order chi connectivity index (χ1) is 21.6. The highest BCUT2D eigenvalue weighted by molar-refractivity contribution is 6.42. The number of nitrogens with one attached hydrogen (secondary N) is 1. The molecule has 0 saturated heterocycles. The summed E-state index contributed by atoms with van der Waals surface area (Å²) in [7, 11) is 0. The van der Waals surface area contributed by atoms with E-state index < -0.39 is 5.97 Å². The van der Waals surface area contributed by atoms with E-state index in [2.05, 4.69) is 5.32 Å². The summed E-state index contributed by atoms with van der Waals surface area (Å²) in [4.78, 5) is 27.3. The number of carboxylic acids is 1. The maximum Gasteiger partial charge on any atom is 0.306 e. The number of halogens is 4. The van der Waals surface area contributed by atoms with Crippen LogP contribution in [0, 0.1) is 24.7 Å². The van der Waals surface area contributed by atoms with Crippen molar-refractivity contribution in [2.75, 3.05) is 26.3 Å². The molecule has 3 unspecified atom stereocenters. The third-order valence-corrected chi connectivity index (χ3v) is 9.60. The number of hydrogen-bond donors (Lipinski definition) is 2. The quantitative estimate of drug-likeness (QED) is 0.149.